The minimum Gasteiger partial charge on any atom is -0.462 e. The van der Waals surface area contributed by atoms with Crippen LogP contribution < -0.4 is 0 Å². The molecule has 0 heterocycles. The Morgan fingerprint density at radius 2 is 1.52 bits per heavy atom. The van der Waals surface area contributed by atoms with Crippen LogP contribution in [0.1, 0.15) is 59.3 Å². The smallest absolute Gasteiger partial charge is 0.334 e. The minimum absolute atomic E-state index is 0.377. The highest BCUT2D eigenvalue weighted by Gasteiger charge is 2.25. The third-order valence-electron chi connectivity index (χ3n) is 3.43. The van der Waals surface area contributed by atoms with E-state index < -0.39 is 0 Å². The van der Waals surface area contributed by atoms with E-state index in [0.717, 1.165) is 31.3 Å². The summed E-state index contributed by atoms with van der Waals surface area (Å²) >= 11 is 0. The number of carbonyl (C=O) groups is 2. The molecule has 21 heavy (non-hydrogen) atoms. The third kappa shape index (κ3) is 5.74. The Balaban J connectivity index is 2.74. The van der Waals surface area contributed by atoms with E-state index in [1.807, 2.05) is 26.8 Å². The Bertz CT molecular complexity index is 432. The monoisotopic (exact) mass is 294 g/mol. The van der Waals surface area contributed by atoms with E-state index in [2.05, 4.69) is 0 Å². The highest BCUT2D eigenvalue weighted by atomic mass is 16.5. The number of ether oxygens (including phenoxy) is 2. The molecule has 4 nitrogen and oxygen atoms in total. The first kappa shape index (κ1) is 17.5. The Morgan fingerprint density at radius 1 is 1.00 bits per heavy atom. The number of hydrogen-bond donors (Lipinski definition) is 0. The quantitative estimate of drug-likeness (QED) is 0.389. The summed E-state index contributed by atoms with van der Waals surface area (Å²) in [5.41, 5.74) is 2.01. The van der Waals surface area contributed by atoms with Crippen molar-refractivity contribution in [2.45, 2.75) is 59.3 Å². The average molecular weight is 294 g/mol. The maximum absolute atomic E-state index is 12.1. The molecule has 4 heteroatoms. The highest BCUT2D eigenvalue weighted by molar-refractivity contribution is 6.01. The van der Waals surface area contributed by atoms with Crippen molar-refractivity contribution in [2.24, 2.45) is 0 Å². The Morgan fingerprint density at radius 3 is 2.05 bits per heavy atom. The molecule has 0 N–H and O–H groups in total. The topological polar surface area (TPSA) is 52.6 Å². The molecule has 1 aliphatic rings. The van der Waals surface area contributed by atoms with Crippen LogP contribution in [0.3, 0.4) is 0 Å². The number of unbranched alkanes of at least 4 members (excludes halogenated alkanes) is 2. The highest BCUT2D eigenvalue weighted by Crippen LogP contribution is 2.26. The average Bonchev–Trinajstić information content (AvgIpc) is 2.47. The molecule has 0 radical (unpaired) electrons. The zero-order valence-electron chi connectivity index (χ0n) is 13.4. The molecule has 0 saturated carbocycles. The summed E-state index contributed by atoms with van der Waals surface area (Å²) in [6, 6.07) is 0. The number of rotatable bonds is 8. The van der Waals surface area contributed by atoms with Crippen molar-refractivity contribution in [3.63, 3.8) is 0 Å². The van der Waals surface area contributed by atoms with Gasteiger partial charge in [-0.3, -0.25) is 0 Å². The van der Waals surface area contributed by atoms with E-state index in [1.165, 1.54) is 0 Å². The lowest BCUT2D eigenvalue weighted by molar-refractivity contribution is -0.142. The molecule has 0 amide bonds. The molecule has 1 aliphatic carbocycles. The molecule has 118 valence electrons. The first-order valence-electron chi connectivity index (χ1n) is 7.82. The second kappa shape index (κ2) is 9.37. The van der Waals surface area contributed by atoms with Crippen molar-refractivity contribution < 1.29 is 19.1 Å². The van der Waals surface area contributed by atoms with Gasteiger partial charge in [-0.05, 0) is 26.2 Å². The maximum Gasteiger partial charge on any atom is 0.334 e. The van der Waals surface area contributed by atoms with Crippen LogP contribution in [0.5, 0.6) is 0 Å². The Hall–Kier alpha value is -1.58. The van der Waals surface area contributed by atoms with Gasteiger partial charge < -0.3 is 9.47 Å². The number of carbonyl (C=O) groups excluding carboxylic acids is 2. The van der Waals surface area contributed by atoms with E-state index in [4.69, 9.17) is 9.47 Å². The van der Waals surface area contributed by atoms with Crippen molar-refractivity contribution in [2.75, 3.05) is 13.2 Å². The Kier molecular flexibility index (Phi) is 7.80. The van der Waals surface area contributed by atoms with Crippen LogP contribution in [0.2, 0.25) is 0 Å². The zero-order valence-corrected chi connectivity index (χ0v) is 13.4. The second-order valence-corrected chi connectivity index (χ2v) is 5.37. The van der Waals surface area contributed by atoms with Gasteiger partial charge in [-0.25, -0.2) is 9.59 Å². The predicted molar refractivity (Wildman–Crippen MR) is 81.8 cm³/mol. The van der Waals surface area contributed by atoms with Crippen molar-refractivity contribution in [3.05, 3.63) is 22.8 Å². The maximum atomic E-state index is 12.1. The van der Waals surface area contributed by atoms with E-state index in [9.17, 15) is 9.59 Å². The molecular formula is C17H26O4. The summed E-state index contributed by atoms with van der Waals surface area (Å²) in [6.07, 6.45) is 6.51. The third-order valence-corrected chi connectivity index (χ3v) is 3.43. The van der Waals surface area contributed by atoms with E-state index in [-0.39, 0.29) is 11.9 Å². The van der Waals surface area contributed by atoms with Crippen LogP contribution in [0.15, 0.2) is 22.8 Å². The normalized spacial score (nSPS) is 14.7. The van der Waals surface area contributed by atoms with Crippen LogP contribution >= 0.6 is 0 Å². The molecule has 0 aromatic carbocycles. The summed E-state index contributed by atoms with van der Waals surface area (Å²) in [5, 5.41) is 0. The lowest BCUT2D eigenvalue weighted by Gasteiger charge is -2.17. The second-order valence-electron chi connectivity index (χ2n) is 5.37. The van der Waals surface area contributed by atoms with Crippen molar-refractivity contribution >= 4 is 11.9 Å². The first-order chi connectivity index (χ1) is 10.1. The standard InChI is InChI=1S/C17H26O4/c1-4-6-10-20-16(18)14-9-8-13(3)12-15(14)17(19)21-11-7-5-2/h8H,4-7,9-12H2,1-3H3. The minimum atomic E-state index is -0.380. The van der Waals surface area contributed by atoms with Crippen LogP contribution in [0, 0.1) is 0 Å². The molecule has 0 bridgehead atoms. The van der Waals surface area contributed by atoms with Crippen LogP contribution in [-0.2, 0) is 19.1 Å². The fourth-order valence-corrected chi connectivity index (χ4v) is 2.05. The molecule has 0 aliphatic heterocycles. The van der Waals surface area contributed by atoms with Crippen molar-refractivity contribution in [1.82, 2.24) is 0 Å². The van der Waals surface area contributed by atoms with E-state index >= 15 is 0 Å². The number of esters is 2. The summed E-state index contributed by atoms with van der Waals surface area (Å²) in [5.74, 6) is -0.756. The number of hydrogen-bond acceptors (Lipinski definition) is 4. The van der Waals surface area contributed by atoms with Crippen LogP contribution in [0.4, 0.5) is 0 Å². The van der Waals surface area contributed by atoms with Gasteiger partial charge in [0.1, 0.15) is 0 Å². The van der Waals surface area contributed by atoms with E-state index in [1.54, 1.807) is 0 Å². The van der Waals surface area contributed by atoms with Gasteiger partial charge in [0.05, 0.1) is 24.4 Å². The predicted octanol–water partition coefficient (Wildman–Crippen LogP) is 3.71. The molecule has 0 spiro atoms. The summed E-state index contributed by atoms with van der Waals surface area (Å²) < 4.78 is 10.5. The lowest BCUT2D eigenvalue weighted by atomic mass is 9.92. The van der Waals surface area contributed by atoms with Gasteiger partial charge in [0.2, 0.25) is 0 Å². The van der Waals surface area contributed by atoms with Crippen LogP contribution in [0.25, 0.3) is 0 Å². The zero-order chi connectivity index (χ0) is 15.7. The fourth-order valence-electron chi connectivity index (χ4n) is 2.05. The van der Waals surface area contributed by atoms with Gasteiger partial charge in [0.15, 0.2) is 0 Å². The lowest BCUT2D eigenvalue weighted by Crippen LogP contribution is -2.19. The summed E-state index contributed by atoms with van der Waals surface area (Å²) in [7, 11) is 0. The van der Waals surface area contributed by atoms with Gasteiger partial charge in [-0.15, -0.1) is 0 Å². The Labute approximate surface area is 127 Å². The molecule has 0 saturated heterocycles. The van der Waals surface area contributed by atoms with Crippen LogP contribution in [-0.4, -0.2) is 25.2 Å². The van der Waals surface area contributed by atoms with Crippen molar-refractivity contribution in [1.29, 1.82) is 0 Å². The van der Waals surface area contributed by atoms with Gasteiger partial charge in [0.25, 0.3) is 0 Å². The molecule has 1 rings (SSSR count). The van der Waals surface area contributed by atoms with Crippen molar-refractivity contribution in [3.8, 4) is 0 Å². The molecule has 0 fully saturated rings. The molecule has 0 aromatic heterocycles. The molecule has 0 aromatic rings. The van der Waals surface area contributed by atoms with Gasteiger partial charge >= 0.3 is 11.9 Å². The van der Waals surface area contributed by atoms with Gasteiger partial charge in [-0.2, -0.15) is 0 Å². The van der Waals surface area contributed by atoms with Gasteiger partial charge in [0, 0.05) is 6.42 Å². The molecule has 0 unspecified atom stereocenters. The largest absolute Gasteiger partial charge is 0.462 e. The fraction of sp³-hybridized carbons (Fsp3) is 0.647. The van der Waals surface area contributed by atoms with Gasteiger partial charge in [-0.1, -0.05) is 38.3 Å². The van der Waals surface area contributed by atoms with E-state index in [0.29, 0.717) is 37.2 Å². The summed E-state index contributed by atoms with van der Waals surface area (Å²) in [6.45, 7) is 6.84. The summed E-state index contributed by atoms with van der Waals surface area (Å²) in [4.78, 5) is 24.3. The SMILES string of the molecule is CCCCOC(=O)C1=C(C(=O)OCCCC)CC(C)=CC1. The molecular weight excluding hydrogens is 268 g/mol. The molecule has 0 atom stereocenters. The number of allylic oxidation sites excluding steroid dienone is 2. The first-order valence-corrected chi connectivity index (χ1v) is 7.82.